The number of ketones is 2. The molecular formula is C21H17N3O3. The molecule has 0 saturated heterocycles. The molecule has 0 unspecified atom stereocenters. The summed E-state index contributed by atoms with van der Waals surface area (Å²) in [6, 6.07) is 13.9. The summed E-state index contributed by atoms with van der Waals surface area (Å²) in [6.07, 6.45) is 8.83. The second-order valence-corrected chi connectivity index (χ2v) is 5.77. The molecule has 1 N–H and O–H groups in total. The van der Waals surface area contributed by atoms with E-state index in [2.05, 4.69) is 10.1 Å². The molecular weight excluding hydrogens is 342 g/mol. The van der Waals surface area contributed by atoms with Gasteiger partial charge in [0, 0.05) is 5.56 Å². The molecule has 0 fully saturated rings. The van der Waals surface area contributed by atoms with Crippen LogP contribution in [-0.4, -0.2) is 31.4 Å². The fraction of sp³-hybridized carbons (Fsp3) is 0.0476. The van der Waals surface area contributed by atoms with Crippen molar-refractivity contribution in [3.05, 3.63) is 84.5 Å². The number of carbonyl (C=O) groups is 2. The molecule has 0 aliphatic carbocycles. The average Bonchev–Trinajstić information content (AvgIpc) is 3.21. The predicted molar refractivity (Wildman–Crippen MR) is 102 cm³/mol. The first-order chi connectivity index (χ1) is 13.1. The van der Waals surface area contributed by atoms with Crippen molar-refractivity contribution in [1.29, 1.82) is 0 Å². The quantitative estimate of drug-likeness (QED) is 0.517. The lowest BCUT2D eigenvalue weighted by molar-refractivity contribution is -0.121. The lowest BCUT2D eigenvalue weighted by Crippen LogP contribution is -2.02. The molecule has 1 heterocycles. The maximum Gasteiger partial charge on any atom is 0.163 e. The van der Waals surface area contributed by atoms with E-state index in [0.29, 0.717) is 0 Å². The van der Waals surface area contributed by atoms with Crippen LogP contribution in [0.3, 0.4) is 0 Å². The molecule has 0 amide bonds. The SMILES string of the molecule is O=C(/C=C/c1ccc(O)cc1)CC(=O)/C=C/c1ccccc1-n1cncn1. The Morgan fingerprint density at radius 2 is 1.67 bits per heavy atom. The Kier molecular flexibility index (Phi) is 5.69. The Labute approximate surface area is 156 Å². The van der Waals surface area contributed by atoms with E-state index in [4.69, 9.17) is 0 Å². The second-order valence-electron chi connectivity index (χ2n) is 5.77. The third-order valence-electron chi connectivity index (χ3n) is 3.75. The number of benzene rings is 2. The van der Waals surface area contributed by atoms with Crippen LogP contribution in [0, 0.1) is 0 Å². The number of aromatic hydroxyl groups is 1. The molecule has 0 atom stereocenters. The van der Waals surface area contributed by atoms with Crippen LogP contribution in [-0.2, 0) is 9.59 Å². The molecule has 6 heteroatoms. The monoisotopic (exact) mass is 359 g/mol. The summed E-state index contributed by atoms with van der Waals surface area (Å²) in [5, 5.41) is 13.3. The van der Waals surface area contributed by atoms with Gasteiger partial charge in [-0.2, -0.15) is 5.10 Å². The minimum atomic E-state index is -0.290. The van der Waals surface area contributed by atoms with Gasteiger partial charge in [0.2, 0.25) is 0 Å². The van der Waals surface area contributed by atoms with Gasteiger partial charge >= 0.3 is 0 Å². The topological polar surface area (TPSA) is 85.1 Å². The highest BCUT2D eigenvalue weighted by Crippen LogP contribution is 2.15. The van der Waals surface area contributed by atoms with E-state index < -0.39 is 0 Å². The van der Waals surface area contributed by atoms with Gasteiger partial charge in [-0.1, -0.05) is 36.4 Å². The van der Waals surface area contributed by atoms with Crippen LogP contribution in [0.5, 0.6) is 5.75 Å². The number of hydrogen-bond donors (Lipinski definition) is 1. The Bertz CT molecular complexity index is 988. The van der Waals surface area contributed by atoms with Gasteiger partial charge in [0.25, 0.3) is 0 Å². The number of allylic oxidation sites excluding steroid dienone is 2. The number of aromatic nitrogens is 3. The van der Waals surface area contributed by atoms with Gasteiger partial charge in [-0.05, 0) is 42.0 Å². The molecule has 0 bridgehead atoms. The molecule has 0 aliphatic heterocycles. The number of nitrogens with zero attached hydrogens (tertiary/aromatic N) is 3. The average molecular weight is 359 g/mol. The van der Waals surface area contributed by atoms with Gasteiger partial charge in [-0.15, -0.1) is 0 Å². The first kappa shape index (κ1) is 18.0. The highest BCUT2D eigenvalue weighted by Gasteiger charge is 2.06. The zero-order valence-electron chi connectivity index (χ0n) is 14.4. The van der Waals surface area contributed by atoms with Crippen molar-refractivity contribution < 1.29 is 14.7 Å². The van der Waals surface area contributed by atoms with Gasteiger partial charge < -0.3 is 5.11 Å². The third-order valence-corrected chi connectivity index (χ3v) is 3.75. The largest absolute Gasteiger partial charge is 0.508 e. The van der Waals surface area contributed by atoms with E-state index in [1.807, 2.05) is 24.3 Å². The zero-order valence-corrected chi connectivity index (χ0v) is 14.4. The maximum absolute atomic E-state index is 12.1. The van der Waals surface area contributed by atoms with Crippen molar-refractivity contribution in [1.82, 2.24) is 14.8 Å². The molecule has 6 nitrogen and oxygen atoms in total. The normalized spacial score (nSPS) is 11.3. The standard InChI is InChI=1S/C21H17N3O3/c25-18-9-5-16(6-10-18)7-11-19(26)13-20(27)12-8-17-3-1-2-4-21(17)24-15-22-14-23-24/h1-12,14-15,25H,13H2/b11-7+,12-8+. The number of para-hydroxylation sites is 1. The molecule has 3 rings (SSSR count). The molecule has 134 valence electrons. The van der Waals surface area contributed by atoms with E-state index >= 15 is 0 Å². The van der Waals surface area contributed by atoms with Crippen molar-refractivity contribution in [3.63, 3.8) is 0 Å². The first-order valence-corrected chi connectivity index (χ1v) is 8.27. The summed E-state index contributed by atoms with van der Waals surface area (Å²) in [5.74, 6) is -0.420. The lowest BCUT2D eigenvalue weighted by atomic mass is 10.1. The summed E-state index contributed by atoms with van der Waals surface area (Å²) in [6.45, 7) is 0. The fourth-order valence-electron chi connectivity index (χ4n) is 2.42. The summed E-state index contributed by atoms with van der Waals surface area (Å²) >= 11 is 0. The Morgan fingerprint density at radius 3 is 2.37 bits per heavy atom. The summed E-state index contributed by atoms with van der Waals surface area (Å²) < 4.78 is 1.61. The fourth-order valence-corrected chi connectivity index (χ4v) is 2.42. The maximum atomic E-state index is 12.1. The van der Waals surface area contributed by atoms with Gasteiger partial charge in [0.1, 0.15) is 18.4 Å². The van der Waals surface area contributed by atoms with Crippen LogP contribution in [0.25, 0.3) is 17.8 Å². The third kappa shape index (κ3) is 5.09. The molecule has 0 radical (unpaired) electrons. The minimum absolute atomic E-state index is 0.157. The van der Waals surface area contributed by atoms with Crippen molar-refractivity contribution in [3.8, 4) is 11.4 Å². The van der Waals surface area contributed by atoms with Crippen LogP contribution in [0.1, 0.15) is 17.5 Å². The Morgan fingerprint density at radius 1 is 0.963 bits per heavy atom. The Hall–Kier alpha value is -3.80. The number of rotatable bonds is 7. The summed E-state index contributed by atoms with van der Waals surface area (Å²) in [4.78, 5) is 27.9. The van der Waals surface area contributed by atoms with Gasteiger partial charge in [-0.3, -0.25) is 9.59 Å². The molecule has 0 spiro atoms. The first-order valence-electron chi connectivity index (χ1n) is 8.27. The van der Waals surface area contributed by atoms with E-state index in [9.17, 15) is 14.7 Å². The molecule has 0 aliphatic rings. The van der Waals surface area contributed by atoms with Gasteiger partial charge in [0.15, 0.2) is 11.6 Å². The summed E-state index contributed by atoms with van der Waals surface area (Å²) in [7, 11) is 0. The molecule has 0 saturated carbocycles. The number of carbonyl (C=O) groups excluding carboxylic acids is 2. The highest BCUT2D eigenvalue weighted by atomic mass is 16.3. The molecule has 3 aromatic rings. The molecule has 27 heavy (non-hydrogen) atoms. The Balaban J connectivity index is 1.62. The van der Waals surface area contributed by atoms with E-state index in [1.165, 1.54) is 30.6 Å². The molecule has 2 aromatic carbocycles. The van der Waals surface area contributed by atoms with Crippen LogP contribution in [0.4, 0.5) is 0 Å². The number of phenolic OH excluding ortho intramolecular Hbond substituents is 1. The lowest BCUT2D eigenvalue weighted by Gasteiger charge is -2.04. The second kappa shape index (κ2) is 8.53. The van der Waals surface area contributed by atoms with Crippen LogP contribution in [0.15, 0.2) is 73.3 Å². The predicted octanol–water partition coefficient (Wildman–Crippen LogP) is 3.23. The number of phenols is 1. The van der Waals surface area contributed by atoms with Crippen LogP contribution < -0.4 is 0 Å². The van der Waals surface area contributed by atoms with Crippen LogP contribution >= 0.6 is 0 Å². The van der Waals surface area contributed by atoms with Crippen molar-refractivity contribution in [2.75, 3.05) is 0 Å². The number of hydrogen-bond acceptors (Lipinski definition) is 5. The van der Waals surface area contributed by atoms with Crippen molar-refractivity contribution in [2.45, 2.75) is 6.42 Å². The van der Waals surface area contributed by atoms with Crippen molar-refractivity contribution in [2.24, 2.45) is 0 Å². The highest BCUT2D eigenvalue weighted by molar-refractivity contribution is 6.11. The summed E-state index contributed by atoms with van der Waals surface area (Å²) in [5.41, 5.74) is 2.35. The van der Waals surface area contributed by atoms with E-state index in [-0.39, 0.29) is 23.7 Å². The van der Waals surface area contributed by atoms with Gasteiger partial charge in [0.05, 0.1) is 12.1 Å². The van der Waals surface area contributed by atoms with E-state index in [0.717, 1.165) is 16.8 Å². The van der Waals surface area contributed by atoms with Crippen LogP contribution in [0.2, 0.25) is 0 Å². The smallest absolute Gasteiger partial charge is 0.163 e. The minimum Gasteiger partial charge on any atom is -0.508 e. The molecule has 1 aromatic heterocycles. The van der Waals surface area contributed by atoms with Gasteiger partial charge in [-0.25, -0.2) is 9.67 Å². The van der Waals surface area contributed by atoms with Crippen molar-refractivity contribution >= 4 is 23.7 Å². The van der Waals surface area contributed by atoms with E-state index in [1.54, 1.807) is 35.3 Å². The zero-order chi connectivity index (χ0) is 19.1.